The van der Waals surface area contributed by atoms with Gasteiger partial charge in [-0.15, -0.1) is 0 Å². The first-order chi connectivity index (χ1) is 17.5. The van der Waals surface area contributed by atoms with E-state index in [-0.39, 0.29) is 17.5 Å². The molecule has 2 amide bonds. The van der Waals surface area contributed by atoms with E-state index in [4.69, 9.17) is 4.74 Å². The van der Waals surface area contributed by atoms with Gasteiger partial charge in [0.15, 0.2) is 0 Å². The van der Waals surface area contributed by atoms with Crippen LogP contribution >= 0.6 is 0 Å². The number of fused-ring (bicyclic) bond motifs is 1. The number of aromatic nitrogens is 4. The summed E-state index contributed by atoms with van der Waals surface area (Å²) in [6.07, 6.45) is 5.01. The predicted molar refractivity (Wildman–Crippen MR) is 136 cm³/mol. The highest BCUT2D eigenvalue weighted by atomic mass is 16.5. The fourth-order valence-electron chi connectivity index (χ4n) is 4.22. The highest BCUT2D eigenvalue weighted by Gasteiger charge is 2.17. The van der Waals surface area contributed by atoms with Crippen molar-refractivity contribution in [3.8, 4) is 11.1 Å². The van der Waals surface area contributed by atoms with Crippen LogP contribution in [-0.4, -0.2) is 69.8 Å². The van der Waals surface area contributed by atoms with E-state index in [2.05, 4.69) is 42.7 Å². The number of anilines is 1. The van der Waals surface area contributed by atoms with Gasteiger partial charge in [0.25, 0.3) is 11.8 Å². The topological polar surface area (TPSA) is 114 Å². The molecule has 1 fully saturated rings. The number of aryl methyl sites for hydroxylation is 1. The van der Waals surface area contributed by atoms with E-state index >= 15 is 0 Å². The number of nitrogens with zero attached hydrogens (tertiary/aromatic N) is 5. The maximum absolute atomic E-state index is 12.7. The van der Waals surface area contributed by atoms with E-state index in [0.717, 1.165) is 60.4 Å². The predicted octanol–water partition coefficient (Wildman–Crippen LogP) is 2.47. The van der Waals surface area contributed by atoms with Crippen molar-refractivity contribution in [3.63, 3.8) is 0 Å². The first-order valence-electron chi connectivity index (χ1n) is 11.7. The summed E-state index contributed by atoms with van der Waals surface area (Å²) >= 11 is 0. The summed E-state index contributed by atoms with van der Waals surface area (Å²) in [5.41, 5.74) is 3.86. The molecular weight excluding hydrogens is 458 g/mol. The fourth-order valence-corrected chi connectivity index (χ4v) is 4.22. The number of carbonyl (C=O) groups excluding carboxylic acids is 2. The van der Waals surface area contributed by atoms with E-state index in [1.165, 1.54) is 19.3 Å². The molecule has 10 heteroatoms. The molecule has 0 aliphatic carbocycles. The lowest BCUT2D eigenvalue weighted by Gasteiger charge is -2.27. The van der Waals surface area contributed by atoms with Crippen LogP contribution in [0.15, 0.2) is 55.0 Å². The van der Waals surface area contributed by atoms with Gasteiger partial charge >= 0.3 is 0 Å². The van der Waals surface area contributed by atoms with Crippen molar-refractivity contribution in [1.29, 1.82) is 0 Å². The molecule has 0 spiro atoms. The number of benzene rings is 1. The Hall–Kier alpha value is -4.15. The normalized spacial score (nSPS) is 14.1. The molecule has 1 saturated heterocycles. The number of morpholine rings is 1. The number of nitrogens with one attached hydrogen (secondary N) is 2. The summed E-state index contributed by atoms with van der Waals surface area (Å²) in [6, 6.07) is 11.1. The first-order valence-corrected chi connectivity index (χ1v) is 11.7. The van der Waals surface area contributed by atoms with Crippen LogP contribution in [0, 0.1) is 0 Å². The molecular formula is C26H27N7O3. The average Bonchev–Trinajstić information content (AvgIpc) is 3.28. The first kappa shape index (κ1) is 23.6. The smallest absolute Gasteiger partial charge is 0.269 e. The molecule has 4 heterocycles. The van der Waals surface area contributed by atoms with Gasteiger partial charge < -0.3 is 15.4 Å². The van der Waals surface area contributed by atoms with Gasteiger partial charge in [-0.05, 0) is 35.2 Å². The lowest BCUT2D eigenvalue weighted by molar-refractivity contribution is 0.0332. The Labute approximate surface area is 208 Å². The maximum atomic E-state index is 12.7. The molecule has 0 saturated carbocycles. The summed E-state index contributed by atoms with van der Waals surface area (Å²) in [7, 11) is 3.49. The summed E-state index contributed by atoms with van der Waals surface area (Å²) in [6.45, 7) is 4.11. The molecule has 0 bridgehead atoms. The molecule has 10 nitrogen and oxygen atoms in total. The highest BCUT2D eigenvalue weighted by molar-refractivity contribution is 6.05. The second-order valence-corrected chi connectivity index (χ2v) is 8.61. The zero-order valence-corrected chi connectivity index (χ0v) is 20.2. The Morgan fingerprint density at radius 2 is 1.81 bits per heavy atom. The maximum Gasteiger partial charge on any atom is 0.269 e. The summed E-state index contributed by atoms with van der Waals surface area (Å²) in [5, 5.41) is 11.7. The van der Waals surface area contributed by atoms with Crippen molar-refractivity contribution in [1.82, 2.24) is 30.0 Å². The number of hydrogen-bond donors (Lipinski definition) is 2. The lowest BCUT2D eigenvalue weighted by Crippen LogP contribution is -2.36. The van der Waals surface area contributed by atoms with Gasteiger partial charge in [-0.2, -0.15) is 5.10 Å². The van der Waals surface area contributed by atoms with Crippen molar-refractivity contribution in [3.05, 3.63) is 71.9 Å². The van der Waals surface area contributed by atoms with E-state index < -0.39 is 0 Å². The summed E-state index contributed by atoms with van der Waals surface area (Å²) in [4.78, 5) is 35.2. The van der Waals surface area contributed by atoms with E-state index in [1.54, 1.807) is 12.3 Å². The highest BCUT2D eigenvalue weighted by Crippen LogP contribution is 2.29. The lowest BCUT2D eigenvalue weighted by atomic mass is 10.0. The van der Waals surface area contributed by atoms with E-state index in [9.17, 15) is 9.59 Å². The van der Waals surface area contributed by atoms with Crippen molar-refractivity contribution >= 4 is 28.4 Å². The third-order valence-corrected chi connectivity index (χ3v) is 6.30. The van der Waals surface area contributed by atoms with Crippen molar-refractivity contribution in [2.24, 2.45) is 7.05 Å². The van der Waals surface area contributed by atoms with Gasteiger partial charge in [-0.3, -0.25) is 24.2 Å². The Morgan fingerprint density at radius 3 is 2.56 bits per heavy atom. The summed E-state index contributed by atoms with van der Waals surface area (Å²) in [5.74, 6) is -0.232. The minimum absolute atomic E-state index is 0.244. The van der Waals surface area contributed by atoms with Crippen LogP contribution in [0.2, 0.25) is 0 Å². The van der Waals surface area contributed by atoms with Gasteiger partial charge in [0.2, 0.25) is 0 Å². The minimum Gasteiger partial charge on any atom is -0.379 e. The van der Waals surface area contributed by atoms with Gasteiger partial charge in [0, 0.05) is 57.1 Å². The Balaban J connectivity index is 1.37. The average molecular weight is 486 g/mol. The van der Waals surface area contributed by atoms with Crippen LogP contribution in [0.25, 0.3) is 21.9 Å². The van der Waals surface area contributed by atoms with E-state index in [1.807, 2.05) is 30.1 Å². The standard InChI is InChI=1S/C26H27N7O3/c1-27-26(35)22-6-5-19(14-28-22)25(34)31-24-12-20-11-17(3-4-18(20)13-29-24)21-15-30-32(2)23(21)16-33-7-9-36-10-8-33/h3-6,11-15H,7-10,16H2,1-2H3,(H,27,35)(H,29,31,34). The van der Waals surface area contributed by atoms with Crippen LogP contribution in [-0.2, 0) is 18.3 Å². The largest absolute Gasteiger partial charge is 0.379 e. The second-order valence-electron chi connectivity index (χ2n) is 8.61. The van der Waals surface area contributed by atoms with Crippen molar-refractivity contribution < 1.29 is 14.3 Å². The molecule has 0 atom stereocenters. The van der Waals surface area contributed by atoms with Gasteiger partial charge in [0.05, 0.1) is 30.7 Å². The zero-order valence-electron chi connectivity index (χ0n) is 20.2. The zero-order chi connectivity index (χ0) is 25.1. The van der Waals surface area contributed by atoms with Gasteiger partial charge in [-0.1, -0.05) is 12.1 Å². The third-order valence-electron chi connectivity index (χ3n) is 6.30. The van der Waals surface area contributed by atoms with Crippen molar-refractivity contribution in [2.75, 3.05) is 38.7 Å². The molecule has 1 aromatic carbocycles. The Bertz CT molecular complexity index is 1410. The number of hydrogen-bond acceptors (Lipinski definition) is 7. The summed E-state index contributed by atoms with van der Waals surface area (Å²) < 4.78 is 7.41. The molecule has 1 aliphatic heterocycles. The monoisotopic (exact) mass is 485 g/mol. The van der Waals surface area contributed by atoms with Crippen LogP contribution in [0.4, 0.5) is 5.82 Å². The second kappa shape index (κ2) is 10.2. The Morgan fingerprint density at radius 1 is 0.972 bits per heavy atom. The molecule has 0 unspecified atom stereocenters. The third kappa shape index (κ3) is 4.95. The molecule has 4 aromatic rings. The van der Waals surface area contributed by atoms with Gasteiger partial charge in [0.1, 0.15) is 11.5 Å². The molecule has 36 heavy (non-hydrogen) atoms. The number of carbonyl (C=O) groups is 2. The minimum atomic E-state index is -0.353. The molecule has 5 rings (SSSR count). The number of ether oxygens (including phenoxy) is 1. The number of rotatable bonds is 6. The molecule has 3 aromatic heterocycles. The van der Waals surface area contributed by atoms with Gasteiger partial charge in [-0.25, -0.2) is 4.98 Å². The van der Waals surface area contributed by atoms with Crippen LogP contribution < -0.4 is 10.6 Å². The van der Waals surface area contributed by atoms with Crippen LogP contribution in [0.5, 0.6) is 0 Å². The Kier molecular flexibility index (Phi) is 6.70. The van der Waals surface area contributed by atoms with Crippen LogP contribution in [0.3, 0.4) is 0 Å². The fraction of sp³-hybridized carbons (Fsp3) is 0.269. The molecule has 0 radical (unpaired) electrons. The van der Waals surface area contributed by atoms with Crippen LogP contribution in [0.1, 0.15) is 26.5 Å². The quantitative estimate of drug-likeness (QED) is 0.431. The molecule has 184 valence electrons. The number of pyridine rings is 2. The van der Waals surface area contributed by atoms with E-state index in [0.29, 0.717) is 11.4 Å². The SMILES string of the molecule is CNC(=O)c1ccc(C(=O)Nc2cc3cc(-c4cnn(C)c4CN4CCOCC4)ccc3cn2)cn1. The molecule has 1 aliphatic rings. The number of amides is 2. The van der Waals surface area contributed by atoms with Crippen molar-refractivity contribution in [2.45, 2.75) is 6.54 Å². The molecule has 2 N–H and O–H groups in total.